The van der Waals surface area contributed by atoms with Crippen molar-refractivity contribution in [3.05, 3.63) is 51.8 Å². The fourth-order valence-corrected chi connectivity index (χ4v) is 1.82. The van der Waals surface area contributed by atoms with E-state index >= 15 is 0 Å². The smallest absolute Gasteiger partial charge is 0.224 e. The van der Waals surface area contributed by atoms with Crippen molar-refractivity contribution in [2.24, 2.45) is 0 Å². The summed E-state index contributed by atoms with van der Waals surface area (Å²) in [6.45, 7) is 6.13. The molecule has 0 aliphatic rings. The van der Waals surface area contributed by atoms with Gasteiger partial charge in [-0.2, -0.15) is 0 Å². The Morgan fingerprint density at radius 3 is 2.39 bits per heavy atom. The predicted molar refractivity (Wildman–Crippen MR) is 73.1 cm³/mol. The van der Waals surface area contributed by atoms with Gasteiger partial charge in [-0.05, 0) is 30.5 Å². The molecule has 0 radical (unpaired) electrons. The lowest BCUT2D eigenvalue weighted by Gasteiger charge is -2.11. The number of hydrogen-bond acceptors (Lipinski definition) is 3. The van der Waals surface area contributed by atoms with E-state index < -0.39 is 0 Å². The number of nitrogens with zero attached hydrogens (tertiary/aromatic N) is 2. The summed E-state index contributed by atoms with van der Waals surface area (Å²) >= 11 is 0. The minimum Gasteiger partial charge on any atom is -0.379 e. The quantitative estimate of drug-likeness (QED) is 0.880. The largest absolute Gasteiger partial charge is 0.379 e. The summed E-state index contributed by atoms with van der Waals surface area (Å²) in [7, 11) is 0. The zero-order valence-corrected chi connectivity index (χ0v) is 10.8. The van der Waals surface area contributed by atoms with Crippen LogP contribution in [0, 0.1) is 6.92 Å². The highest BCUT2D eigenvalue weighted by Gasteiger charge is 2.05. The number of nitrogens with two attached hydrogens (primary N) is 1. The van der Waals surface area contributed by atoms with Crippen molar-refractivity contribution in [2.45, 2.75) is 26.7 Å². The molecule has 18 heavy (non-hydrogen) atoms. The van der Waals surface area contributed by atoms with Gasteiger partial charge < -0.3 is 5.73 Å². The van der Waals surface area contributed by atoms with Crippen LogP contribution in [0.25, 0.3) is 5.69 Å². The Morgan fingerprint density at radius 2 is 1.83 bits per heavy atom. The van der Waals surface area contributed by atoms with Gasteiger partial charge >= 0.3 is 0 Å². The standard InChI is InChI=1S/C14H17N3O/c1-9(2)11-4-6-12(7-5-11)17-10(3)8-13(18)14(15)16-17/h4-9H,1-3H3,(H2,15,16). The van der Waals surface area contributed by atoms with E-state index in [9.17, 15) is 4.79 Å². The first-order valence-electron chi connectivity index (χ1n) is 5.96. The molecule has 0 amide bonds. The number of rotatable bonds is 2. The van der Waals surface area contributed by atoms with Crippen molar-refractivity contribution in [3.8, 4) is 5.69 Å². The number of hydrogen-bond donors (Lipinski definition) is 1. The third kappa shape index (κ3) is 2.27. The summed E-state index contributed by atoms with van der Waals surface area (Å²) in [6, 6.07) is 9.60. The summed E-state index contributed by atoms with van der Waals surface area (Å²) in [4.78, 5) is 11.4. The second-order valence-corrected chi connectivity index (χ2v) is 4.69. The van der Waals surface area contributed by atoms with Gasteiger partial charge in [-0.25, -0.2) is 4.68 Å². The summed E-state index contributed by atoms with van der Waals surface area (Å²) in [5.41, 5.74) is 8.27. The van der Waals surface area contributed by atoms with Crippen molar-refractivity contribution in [2.75, 3.05) is 5.73 Å². The van der Waals surface area contributed by atoms with Crippen molar-refractivity contribution < 1.29 is 0 Å². The molecule has 1 heterocycles. The van der Waals surface area contributed by atoms with Crippen LogP contribution in [0.2, 0.25) is 0 Å². The summed E-state index contributed by atoms with van der Waals surface area (Å²) in [6.07, 6.45) is 0. The fourth-order valence-electron chi connectivity index (χ4n) is 1.82. The first-order valence-corrected chi connectivity index (χ1v) is 5.96. The molecule has 94 valence electrons. The Kier molecular flexibility index (Phi) is 3.19. The Bertz CT molecular complexity index is 612. The first kappa shape index (κ1) is 12.4. The Labute approximate surface area is 106 Å². The minimum absolute atomic E-state index is 0.0218. The van der Waals surface area contributed by atoms with Crippen LogP contribution in [0.4, 0.5) is 5.82 Å². The molecule has 0 spiro atoms. The first-order chi connectivity index (χ1) is 8.49. The molecule has 2 N–H and O–H groups in total. The monoisotopic (exact) mass is 243 g/mol. The van der Waals surface area contributed by atoms with Gasteiger partial charge in [0.15, 0.2) is 5.82 Å². The van der Waals surface area contributed by atoms with Crippen LogP contribution in [-0.4, -0.2) is 9.78 Å². The molecular weight excluding hydrogens is 226 g/mol. The van der Waals surface area contributed by atoms with Crippen LogP contribution in [0.15, 0.2) is 35.1 Å². The second-order valence-electron chi connectivity index (χ2n) is 4.69. The molecular formula is C14H17N3O. The molecule has 2 aromatic rings. The Morgan fingerprint density at radius 1 is 1.22 bits per heavy atom. The van der Waals surface area contributed by atoms with Crippen LogP contribution in [0.3, 0.4) is 0 Å². The molecule has 0 fully saturated rings. The molecule has 0 bridgehead atoms. The van der Waals surface area contributed by atoms with Crippen LogP contribution in [0.1, 0.15) is 31.0 Å². The Balaban J connectivity index is 2.49. The molecule has 1 aromatic heterocycles. The number of aryl methyl sites for hydroxylation is 1. The summed E-state index contributed by atoms with van der Waals surface area (Å²) in [5, 5.41) is 4.10. The van der Waals surface area contributed by atoms with E-state index in [1.54, 1.807) is 4.68 Å². The highest BCUT2D eigenvalue weighted by molar-refractivity contribution is 5.38. The number of anilines is 1. The topological polar surface area (TPSA) is 60.9 Å². The van der Waals surface area contributed by atoms with Gasteiger partial charge in [0.25, 0.3) is 0 Å². The SMILES string of the molecule is Cc1cc(=O)c(N)nn1-c1ccc(C(C)C)cc1. The third-order valence-corrected chi connectivity index (χ3v) is 2.94. The van der Waals surface area contributed by atoms with Crippen molar-refractivity contribution in [1.82, 2.24) is 9.78 Å². The van der Waals surface area contributed by atoms with Crippen LogP contribution in [0.5, 0.6) is 0 Å². The zero-order valence-electron chi connectivity index (χ0n) is 10.8. The van der Waals surface area contributed by atoms with E-state index in [2.05, 4.69) is 31.1 Å². The number of nitrogen functional groups attached to an aromatic ring is 1. The summed E-state index contributed by atoms with van der Waals surface area (Å²) in [5.74, 6) is 0.515. The predicted octanol–water partition coefficient (Wildman–Crippen LogP) is 2.25. The molecule has 0 aliphatic heterocycles. The molecule has 0 aliphatic carbocycles. The second kappa shape index (κ2) is 4.64. The molecule has 4 nitrogen and oxygen atoms in total. The van der Waals surface area contributed by atoms with Crippen LogP contribution in [-0.2, 0) is 0 Å². The normalized spacial score (nSPS) is 10.9. The Hall–Kier alpha value is -2.10. The van der Waals surface area contributed by atoms with E-state index in [0.29, 0.717) is 5.92 Å². The van der Waals surface area contributed by atoms with Gasteiger partial charge in [0.1, 0.15) is 0 Å². The van der Waals surface area contributed by atoms with Crippen molar-refractivity contribution >= 4 is 5.82 Å². The number of aromatic nitrogens is 2. The van der Waals surface area contributed by atoms with Crippen LogP contribution >= 0.6 is 0 Å². The molecule has 0 unspecified atom stereocenters. The summed E-state index contributed by atoms with van der Waals surface area (Å²) < 4.78 is 1.68. The van der Waals surface area contributed by atoms with Crippen LogP contribution < -0.4 is 11.2 Å². The minimum atomic E-state index is -0.234. The van der Waals surface area contributed by atoms with Crippen molar-refractivity contribution in [3.63, 3.8) is 0 Å². The van der Waals surface area contributed by atoms with Gasteiger partial charge in [0.2, 0.25) is 5.43 Å². The van der Waals surface area contributed by atoms with Crippen molar-refractivity contribution in [1.29, 1.82) is 0 Å². The number of benzene rings is 1. The molecule has 0 atom stereocenters. The highest BCUT2D eigenvalue weighted by atomic mass is 16.1. The van der Waals surface area contributed by atoms with Gasteiger partial charge in [0, 0.05) is 11.8 Å². The molecule has 2 rings (SSSR count). The lowest BCUT2D eigenvalue weighted by molar-refractivity contribution is 0.804. The average molecular weight is 243 g/mol. The van der Waals surface area contributed by atoms with E-state index in [4.69, 9.17) is 5.73 Å². The molecule has 4 heteroatoms. The molecule has 0 saturated carbocycles. The van der Waals surface area contributed by atoms with Gasteiger partial charge in [-0.15, -0.1) is 5.10 Å². The lowest BCUT2D eigenvalue weighted by atomic mass is 10.0. The fraction of sp³-hybridized carbons (Fsp3) is 0.286. The third-order valence-electron chi connectivity index (χ3n) is 2.94. The zero-order chi connectivity index (χ0) is 13.3. The van der Waals surface area contributed by atoms with Gasteiger partial charge in [-0.1, -0.05) is 26.0 Å². The molecule has 1 aromatic carbocycles. The van der Waals surface area contributed by atoms with Gasteiger partial charge in [-0.3, -0.25) is 4.79 Å². The van der Waals surface area contributed by atoms with E-state index in [1.165, 1.54) is 11.6 Å². The maximum Gasteiger partial charge on any atom is 0.224 e. The van der Waals surface area contributed by atoms with E-state index in [-0.39, 0.29) is 11.2 Å². The van der Waals surface area contributed by atoms with E-state index in [0.717, 1.165) is 11.4 Å². The van der Waals surface area contributed by atoms with Gasteiger partial charge in [0.05, 0.1) is 5.69 Å². The highest BCUT2D eigenvalue weighted by Crippen LogP contribution is 2.17. The van der Waals surface area contributed by atoms with E-state index in [1.807, 2.05) is 19.1 Å². The maximum absolute atomic E-state index is 11.4. The lowest BCUT2D eigenvalue weighted by Crippen LogP contribution is -2.17. The molecule has 0 saturated heterocycles. The average Bonchev–Trinajstić information content (AvgIpc) is 2.34. The maximum atomic E-state index is 11.4.